The summed E-state index contributed by atoms with van der Waals surface area (Å²) in [4.78, 5) is 37.5. The molecule has 141 valence electrons. The zero-order valence-corrected chi connectivity index (χ0v) is 14.8. The van der Waals surface area contributed by atoms with Crippen LogP contribution in [-0.2, 0) is 9.59 Å². The van der Waals surface area contributed by atoms with Crippen molar-refractivity contribution in [3.8, 4) is 5.69 Å². The molecule has 0 saturated carbocycles. The number of nitrogens with one attached hydrogen (secondary N) is 1. The molecular formula is C19H20FN4O3. The van der Waals surface area contributed by atoms with E-state index in [1.165, 1.54) is 29.0 Å². The molecule has 1 fully saturated rings. The van der Waals surface area contributed by atoms with Crippen LogP contribution in [0.4, 0.5) is 10.1 Å². The minimum atomic E-state index is -0.664. The van der Waals surface area contributed by atoms with Crippen LogP contribution in [0.3, 0.4) is 0 Å². The lowest BCUT2D eigenvalue weighted by atomic mass is 10.1. The number of nitrogens with zero attached hydrogens (tertiary/aromatic N) is 2. The number of primary amides is 1. The van der Waals surface area contributed by atoms with Gasteiger partial charge < -0.3 is 11.1 Å². The van der Waals surface area contributed by atoms with Crippen molar-refractivity contribution >= 4 is 17.5 Å². The summed E-state index contributed by atoms with van der Waals surface area (Å²) in [5, 5.41) is 2.53. The monoisotopic (exact) mass is 371 g/mol. The summed E-state index contributed by atoms with van der Waals surface area (Å²) < 4.78 is 15.7. The molecule has 0 spiro atoms. The number of hydrogen-bond donors (Lipinski definition) is 2. The molecule has 27 heavy (non-hydrogen) atoms. The third kappa shape index (κ3) is 3.90. The number of nitrogens with two attached hydrogens (primary N) is 1. The highest BCUT2D eigenvalue weighted by molar-refractivity contribution is 5.95. The Hall–Kier alpha value is -3.00. The van der Waals surface area contributed by atoms with Crippen LogP contribution in [0.15, 0.2) is 47.4 Å². The fourth-order valence-electron chi connectivity index (χ4n) is 3.15. The Morgan fingerprint density at radius 3 is 2.74 bits per heavy atom. The molecule has 2 heterocycles. The average Bonchev–Trinajstić information content (AvgIpc) is 3.13. The van der Waals surface area contributed by atoms with Gasteiger partial charge in [-0.25, -0.2) is 4.39 Å². The Bertz CT molecular complexity index is 927. The number of carbonyl (C=O) groups is 2. The summed E-state index contributed by atoms with van der Waals surface area (Å²) in [5.74, 6) is -1.63. The summed E-state index contributed by atoms with van der Waals surface area (Å²) in [6.45, 7) is 2.17. The van der Waals surface area contributed by atoms with Gasteiger partial charge in [0.25, 0.3) is 5.56 Å². The number of aromatic nitrogens is 1. The van der Waals surface area contributed by atoms with Crippen molar-refractivity contribution < 1.29 is 14.0 Å². The molecule has 0 aliphatic carbocycles. The van der Waals surface area contributed by atoms with Gasteiger partial charge in [0.1, 0.15) is 5.82 Å². The fourth-order valence-corrected chi connectivity index (χ4v) is 3.15. The number of halogens is 1. The molecule has 3 N–H and O–H groups in total. The lowest BCUT2D eigenvalue weighted by Gasteiger charge is -2.27. The summed E-state index contributed by atoms with van der Waals surface area (Å²) in [6, 6.07) is 7.49. The van der Waals surface area contributed by atoms with Crippen LogP contribution >= 0.6 is 0 Å². The molecule has 1 aromatic carbocycles. The van der Waals surface area contributed by atoms with E-state index in [0.717, 1.165) is 0 Å². The molecule has 2 amide bonds. The van der Waals surface area contributed by atoms with Gasteiger partial charge in [0, 0.05) is 24.9 Å². The fraction of sp³-hybridized carbons (Fsp3) is 0.263. The number of amides is 2. The first kappa shape index (κ1) is 18.8. The highest BCUT2D eigenvalue weighted by atomic mass is 19.1. The molecule has 2 atom stereocenters. The van der Waals surface area contributed by atoms with Crippen molar-refractivity contribution in [1.82, 2.24) is 9.47 Å². The van der Waals surface area contributed by atoms with Crippen molar-refractivity contribution in [1.29, 1.82) is 0 Å². The van der Waals surface area contributed by atoms with Crippen molar-refractivity contribution in [2.45, 2.75) is 25.4 Å². The molecule has 2 aromatic rings. The van der Waals surface area contributed by atoms with E-state index in [0.29, 0.717) is 18.7 Å². The largest absolute Gasteiger partial charge is 0.368 e. The lowest BCUT2D eigenvalue weighted by molar-refractivity contribution is -0.125. The minimum absolute atomic E-state index is 0.00150. The highest BCUT2D eigenvalue weighted by Crippen LogP contribution is 2.22. The number of pyridine rings is 1. The van der Waals surface area contributed by atoms with E-state index < -0.39 is 29.7 Å². The second-order valence-electron chi connectivity index (χ2n) is 6.35. The van der Waals surface area contributed by atoms with E-state index in [9.17, 15) is 18.8 Å². The molecule has 8 heteroatoms. The number of hydrogen-bond acceptors (Lipinski definition) is 4. The van der Waals surface area contributed by atoms with Gasteiger partial charge in [-0.3, -0.25) is 23.9 Å². The maximum atomic E-state index is 14.4. The van der Waals surface area contributed by atoms with Gasteiger partial charge in [-0.05, 0) is 38.0 Å². The predicted octanol–water partition coefficient (Wildman–Crippen LogP) is 1.07. The van der Waals surface area contributed by atoms with Crippen molar-refractivity contribution in [3.63, 3.8) is 0 Å². The summed E-state index contributed by atoms with van der Waals surface area (Å²) in [7, 11) is 0. The molecule has 0 bridgehead atoms. The molecule has 7 nitrogen and oxygen atoms in total. The Labute approximate surface area is 155 Å². The van der Waals surface area contributed by atoms with Gasteiger partial charge >= 0.3 is 0 Å². The van der Waals surface area contributed by atoms with Crippen LogP contribution in [0.5, 0.6) is 0 Å². The molecule has 1 radical (unpaired) electrons. The average molecular weight is 371 g/mol. The van der Waals surface area contributed by atoms with E-state index >= 15 is 0 Å². The molecule has 1 aliphatic heterocycles. The first-order valence-electron chi connectivity index (χ1n) is 8.55. The molecule has 3 rings (SSSR count). The first-order chi connectivity index (χ1) is 12.9. The minimum Gasteiger partial charge on any atom is -0.368 e. The van der Waals surface area contributed by atoms with Crippen LogP contribution in [0.2, 0.25) is 0 Å². The summed E-state index contributed by atoms with van der Waals surface area (Å²) in [5.41, 5.74) is 5.42. The number of anilines is 1. The SMILES string of the molecule is C[C@H](C(=O)Nc1ccc(-n2ccccc2=O)cc1F)N1CC[CH]C1C(N)=O. The van der Waals surface area contributed by atoms with E-state index in [1.54, 1.807) is 36.4 Å². The Balaban J connectivity index is 1.76. The number of carbonyl (C=O) groups excluding carboxylic acids is 2. The third-order valence-electron chi connectivity index (χ3n) is 4.61. The van der Waals surface area contributed by atoms with E-state index in [2.05, 4.69) is 5.32 Å². The number of rotatable bonds is 5. The zero-order chi connectivity index (χ0) is 19.6. The quantitative estimate of drug-likeness (QED) is 0.821. The summed E-state index contributed by atoms with van der Waals surface area (Å²) in [6.07, 6.45) is 3.95. The third-order valence-corrected chi connectivity index (χ3v) is 4.61. The molecule has 1 saturated heterocycles. The standard InChI is InChI=1S/C19H20FN4O3/c1-12(23-10-4-5-16(23)18(21)26)19(27)22-15-8-7-13(11-14(15)20)24-9-3-2-6-17(24)25/h2-3,5-9,11-12,16H,4,10H2,1H3,(H2,21,26)(H,22,27)/t12-,16?/m1/s1. The first-order valence-corrected chi connectivity index (χ1v) is 8.55. The van der Waals surface area contributed by atoms with E-state index in [4.69, 9.17) is 5.73 Å². The lowest BCUT2D eigenvalue weighted by Crippen LogP contribution is -2.49. The molecule has 1 unspecified atom stereocenters. The highest BCUT2D eigenvalue weighted by Gasteiger charge is 2.35. The summed E-state index contributed by atoms with van der Waals surface area (Å²) >= 11 is 0. The predicted molar refractivity (Wildman–Crippen MR) is 98.7 cm³/mol. The van der Waals surface area contributed by atoms with Crippen LogP contribution in [-0.4, -0.2) is 39.9 Å². The maximum Gasteiger partial charge on any atom is 0.255 e. The smallest absolute Gasteiger partial charge is 0.255 e. The number of benzene rings is 1. The normalized spacial score (nSPS) is 18.2. The molecular weight excluding hydrogens is 351 g/mol. The molecule has 1 aliphatic rings. The van der Waals surface area contributed by atoms with Gasteiger partial charge in [0.15, 0.2) is 0 Å². The molecule has 1 aromatic heterocycles. The van der Waals surface area contributed by atoms with Crippen LogP contribution in [0.1, 0.15) is 13.3 Å². The van der Waals surface area contributed by atoms with Gasteiger partial charge in [-0.1, -0.05) is 6.07 Å². The van der Waals surface area contributed by atoms with Crippen molar-refractivity contribution in [2.24, 2.45) is 5.73 Å². The van der Waals surface area contributed by atoms with Gasteiger partial charge in [-0.2, -0.15) is 0 Å². The van der Waals surface area contributed by atoms with Gasteiger partial charge in [0.05, 0.1) is 23.5 Å². The van der Waals surface area contributed by atoms with Crippen LogP contribution in [0, 0.1) is 12.2 Å². The van der Waals surface area contributed by atoms with Crippen LogP contribution < -0.4 is 16.6 Å². The van der Waals surface area contributed by atoms with E-state index in [-0.39, 0.29) is 11.2 Å². The Morgan fingerprint density at radius 1 is 1.30 bits per heavy atom. The van der Waals surface area contributed by atoms with E-state index in [1.807, 2.05) is 0 Å². The van der Waals surface area contributed by atoms with Crippen molar-refractivity contribution in [2.75, 3.05) is 11.9 Å². The van der Waals surface area contributed by atoms with Crippen molar-refractivity contribution in [3.05, 3.63) is 65.2 Å². The van der Waals surface area contributed by atoms with Gasteiger partial charge in [-0.15, -0.1) is 0 Å². The second-order valence-corrected chi connectivity index (χ2v) is 6.35. The Kier molecular flexibility index (Phi) is 5.36. The Morgan fingerprint density at radius 2 is 2.07 bits per heavy atom. The van der Waals surface area contributed by atoms with Gasteiger partial charge in [0.2, 0.25) is 11.8 Å². The van der Waals surface area contributed by atoms with Crippen LogP contribution in [0.25, 0.3) is 5.69 Å². The zero-order valence-electron chi connectivity index (χ0n) is 14.8. The maximum absolute atomic E-state index is 14.4. The topological polar surface area (TPSA) is 97.4 Å². The second kappa shape index (κ2) is 7.71. The number of likely N-dealkylation sites (tertiary alicyclic amines) is 1.